The molecule has 3 atom stereocenters. The van der Waals surface area contributed by atoms with Gasteiger partial charge in [0.2, 0.25) is 0 Å². The smallest absolute Gasteiger partial charge is 0.0946 e. The standard InChI is InChI=1S/C16H28N4/c1-2-6-16(19-10-12-20-11-9-17-13-20)14(5-1)15-7-3-4-8-18-15/h9,11,13-16,18-19H,1-8,10,12H2. The summed E-state index contributed by atoms with van der Waals surface area (Å²) in [6.07, 6.45) is 15.5. The normalized spacial score (nSPS) is 31.3. The van der Waals surface area contributed by atoms with E-state index >= 15 is 0 Å². The van der Waals surface area contributed by atoms with E-state index in [2.05, 4.69) is 20.2 Å². The molecule has 0 spiro atoms. The lowest BCUT2D eigenvalue weighted by atomic mass is 9.77. The van der Waals surface area contributed by atoms with Gasteiger partial charge in [-0.3, -0.25) is 0 Å². The summed E-state index contributed by atoms with van der Waals surface area (Å²) < 4.78 is 2.16. The number of aromatic nitrogens is 2. The van der Waals surface area contributed by atoms with Gasteiger partial charge < -0.3 is 15.2 Å². The van der Waals surface area contributed by atoms with Crippen LogP contribution in [0.3, 0.4) is 0 Å². The van der Waals surface area contributed by atoms with Crippen LogP contribution in [0.5, 0.6) is 0 Å². The molecule has 2 fully saturated rings. The fraction of sp³-hybridized carbons (Fsp3) is 0.812. The van der Waals surface area contributed by atoms with Crippen LogP contribution in [0.4, 0.5) is 0 Å². The highest BCUT2D eigenvalue weighted by atomic mass is 15.1. The SMILES string of the molecule is c1cn(CCNC2CCCCC2C2CCCCN2)cn1. The average Bonchev–Trinajstić information content (AvgIpc) is 3.02. The van der Waals surface area contributed by atoms with E-state index in [1.807, 2.05) is 18.7 Å². The van der Waals surface area contributed by atoms with Gasteiger partial charge in [0.1, 0.15) is 0 Å². The largest absolute Gasteiger partial charge is 0.336 e. The van der Waals surface area contributed by atoms with Crippen molar-refractivity contribution in [3.63, 3.8) is 0 Å². The Morgan fingerprint density at radius 2 is 2.05 bits per heavy atom. The van der Waals surface area contributed by atoms with E-state index in [1.54, 1.807) is 0 Å². The first-order chi connectivity index (χ1) is 9.93. The Balaban J connectivity index is 1.49. The van der Waals surface area contributed by atoms with Gasteiger partial charge in [-0.05, 0) is 38.1 Å². The van der Waals surface area contributed by atoms with E-state index in [0.29, 0.717) is 6.04 Å². The molecule has 1 saturated carbocycles. The predicted octanol–water partition coefficient (Wildman–Crippen LogP) is 2.17. The molecule has 2 aliphatic rings. The Morgan fingerprint density at radius 1 is 1.15 bits per heavy atom. The number of imidazole rings is 1. The Hall–Kier alpha value is -0.870. The van der Waals surface area contributed by atoms with Crippen molar-refractivity contribution in [3.05, 3.63) is 18.7 Å². The van der Waals surface area contributed by atoms with Gasteiger partial charge in [0.25, 0.3) is 0 Å². The zero-order valence-electron chi connectivity index (χ0n) is 12.4. The Morgan fingerprint density at radius 3 is 2.85 bits per heavy atom. The van der Waals surface area contributed by atoms with Crippen LogP contribution in [0.1, 0.15) is 44.9 Å². The second-order valence-electron chi connectivity index (χ2n) is 6.37. The van der Waals surface area contributed by atoms with Crippen LogP contribution in [0.25, 0.3) is 0 Å². The molecular weight excluding hydrogens is 248 g/mol. The highest BCUT2D eigenvalue weighted by Gasteiger charge is 2.31. The number of nitrogens with one attached hydrogen (secondary N) is 2. The van der Waals surface area contributed by atoms with Crippen molar-refractivity contribution in [1.29, 1.82) is 0 Å². The summed E-state index contributed by atoms with van der Waals surface area (Å²) in [4.78, 5) is 4.10. The van der Waals surface area contributed by atoms with Crippen LogP contribution in [0.2, 0.25) is 0 Å². The zero-order chi connectivity index (χ0) is 13.6. The van der Waals surface area contributed by atoms with Crippen molar-refractivity contribution in [2.75, 3.05) is 13.1 Å². The third-order valence-electron chi connectivity index (χ3n) is 5.02. The van der Waals surface area contributed by atoms with Crippen molar-refractivity contribution in [3.8, 4) is 0 Å². The molecule has 4 nitrogen and oxygen atoms in total. The molecule has 2 heterocycles. The first-order valence-electron chi connectivity index (χ1n) is 8.36. The van der Waals surface area contributed by atoms with Crippen molar-refractivity contribution < 1.29 is 0 Å². The molecule has 3 unspecified atom stereocenters. The van der Waals surface area contributed by atoms with Crippen LogP contribution < -0.4 is 10.6 Å². The second kappa shape index (κ2) is 7.23. The highest BCUT2D eigenvalue weighted by Crippen LogP contribution is 2.30. The summed E-state index contributed by atoms with van der Waals surface area (Å²) in [5, 5.41) is 7.59. The molecule has 1 aliphatic carbocycles. The molecule has 1 aromatic rings. The second-order valence-corrected chi connectivity index (χ2v) is 6.37. The van der Waals surface area contributed by atoms with Crippen molar-refractivity contribution in [2.45, 2.75) is 63.6 Å². The fourth-order valence-electron chi connectivity index (χ4n) is 3.94. The summed E-state index contributed by atoms with van der Waals surface area (Å²) in [6.45, 7) is 3.31. The van der Waals surface area contributed by atoms with E-state index in [1.165, 1.54) is 51.5 Å². The predicted molar refractivity (Wildman–Crippen MR) is 81.6 cm³/mol. The molecule has 1 aromatic heterocycles. The van der Waals surface area contributed by atoms with Crippen LogP contribution in [0.15, 0.2) is 18.7 Å². The van der Waals surface area contributed by atoms with E-state index < -0.39 is 0 Å². The van der Waals surface area contributed by atoms with Crippen molar-refractivity contribution in [1.82, 2.24) is 20.2 Å². The zero-order valence-corrected chi connectivity index (χ0v) is 12.4. The van der Waals surface area contributed by atoms with Gasteiger partial charge in [0.05, 0.1) is 6.33 Å². The maximum Gasteiger partial charge on any atom is 0.0946 e. The molecule has 0 amide bonds. The van der Waals surface area contributed by atoms with Gasteiger partial charge in [0, 0.05) is 37.6 Å². The molecule has 2 N–H and O–H groups in total. The fourth-order valence-corrected chi connectivity index (χ4v) is 3.94. The first kappa shape index (κ1) is 14.1. The quantitative estimate of drug-likeness (QED) is 0.866. The number of hydrogen-bond acceptors (Lipinski definition) is 3. The van der Waals surface area contributed by atoms with Crippen LogP contribution in [-0.4, -0.2) is 34.7 Å². The van der Waals surface area contributed by atoms with Gasteiger partial charge in [0.15, 0.2) is 0 Å². The maximum absolute atomic E-state index is 4.10. The number of rotatable bonds is 5. The molecule has 0 aromatic carbocycles. The lowest BCUT2D eigenvalue weighted by Gasteiger charge is -2.40. The van der Waals surface area contributed by atoms with Gasteiger partial charge in [-0.2, -0.15) is 0 Å². The van der Waals surface area contributed by atoms with E-state index in [9.17, 15) is 0 Å². The molecule has 0 bridgehead atoms. The molecule has 1 aliphatic heterocycles. The summed E-state index contributed by atoms with van der Waals surface area (Å²) in [6, 6.07) is 1.47. The van der Waals surface area contributed by atoms with Gasteiger partial charge in [-0.15, -0.1) is 0 Å². The number of piperidine rings is 1. The topological polar surface area (TPSA) is 41.9 Å². The van der Waals surface area contributed by atoms with Gasteiger partial charge in [-0.25, -0.2) is 4.98 Å². The Kier molecular flexibility index (Phi) is 5.09. The molecular formula is C16H28N4. The molecule has 20 heavy (non-hydrogen) atoms. The third kappa shape index (κ3) is 3.61. The van der Waals surface area contributed by atoms with E-state index in [4.69, 9.17) is 0 Å². The molecule has 0 radical (unpaired) electrons. The van der Waals surface area contributed by atoms with E-state index in [-0.39, 0.29) is 0 Å². The van der Waals surface area contributed by atoms with Crippen LogP contribution in [0, 0.1) is 5.92 Å². The highest BCUT2D eigenvalue weighted by molar-refractivity contribution is 4.90. The molecule has 1 saturated heterocycles. The third-order valence-corrected chi connectivity index (χ3v) is 5.02. The number of nitrogens with zero attached hydrogens (tertiary/aromatic N) is 2. The summed E-state index contributed by atoms with van der Waals surface area (Å²) in [5.74, 6) is 0.840. The molecule has 3 rings (SSSR count). The monoisotopic (exact) mass is 276 g/mol. The minimum atomic E-state index is 0.711. The van der Waals surface area contributed by atoms with Gasteiger partial charge >= 0.3 is 0 Å². The summed E-state index contributed by atoms with van der Waals surface area (Å²) in [7, 11) is 0. The minimum Gasteiger partial charge on any atom is -0.336 e. The summed E-state index contributed by atoms with van der Waals surface area (Å²) in [5.41, 5.74) is 0. The number of hydrogen-bond donors (Lipinski definition) is 2. The summed E-state index contributed by atoms with van der Waals surface area (Å²) >= 11 is 0. The Labute approximate surface area is 122 Å². The lowest BCUT2D eigenvalue weighted by Crippen LogP contribution is -2.51. The molecule has 112 valence electrons. The van der Waals surface area contributed by atoms with Gasteiger partial charge in [-0.1, -0.05) is 19.3 Å². The lowest BCUT2D eigenvalue weighted by molar-refractivity contribution is 0.181. The minimum absolute atomic E-state index is 0.711. The average molecular weight is 276 g/mol. The maximum atomic E-state index is 4.10. The first-order valence-corrected chi connectivity index (χ1v) is 8.36. The van der Waals surface area contributed by atoms with Crippen LogP contribution >= 0.6 is 0 Å². The molecule has 4 heteroatoms. The van der Waals surface area contributed by atoms with Crippen molar-refractivity contribution >= 4 is 0 Å². The Bertz CT molecular complexity index is 370. The van der Waals surface area contributed by atoms with E-state index in [0.717, 1.165) is 25.0 Å². The van der Waals surface area contributed by atoms with Crippen LogP contribution in [-0.2, 0) is 6.54 Å². The van der Waals surface area contributed by atoms with Crippen molar-refractivity contribution in [2.24, 2.45) is 5.92 Å².